The number of aromatic nitrogens is 2. The maximum Gasteiger partial charge on any atom is 0.261 e. The van der Waals surface area contributed by atoms with Crippen molar-refractivity contribution in [1.82, 2.24) is 9.97 Å². The van der Waals surface area contributed by atoms with Crippen molar-refractivity contribution >= 4 is 28.4 Å². The molecule has 5 nitrogen and oxygen atoms in total. The predicted molar refractivity (Wildman–Crippen MR) is 103 cm³/mol. The number of ether oxygens (including phenoxy) is 1. The summed E-state index contributed by atoms with van der Waals surface area (Å²) in [6.07, 6.45) is 5.34. The van der Waals surface area contributed by atoms with Crippen LogP contribution in [0.4, 0.5) is 14.5 Å². The Kier molecular flexibility index (Phi) is 5.63. The van der Waals surface area contributed by atoms with Gasteiger partial charge in [-0.2, -0.15) is 11.8 Å². The SMILES string of the molecule is O=c1[nH]c(CSC2CCOCC2)nc2cc(NCC3CCC3)c(F)c(F)c12. The fraction of sp³-hybridized carbons (Fsp3) is 0.579. The van der Waals surface area contributed by atoms with Gasteiger partial charge >= 0.3 is 0 Å². The molecule has 1 aliphatic heterocycles. The van der Waals surface area contributed by atoms with E-state index in [-0.39, 0.29) is 16.6 Å². The van der Waals surface area contributed by atoms with E-state index in [1.165, 1.54) is 12.5 Å². The van der Waals surface area contributed by atoms with Crippen molar-refractivity contribution in [2.45, 2.75) is 43.1 Å². The molecule has 2 aromatic rings. The molecule has 8 heteroatoms. The van der Waals surface area contributed by atoms with Gasteiger partial charge in [0.25, 0.3) is 5.56 Å². The van der Waals surface area contributed by atoms with Gasteiger partial charge in [0.05, 0.1) is 17.0 Å². The van der Waals surface area contributed by atoms with E-state index in [0.29, 0.717) is 29.3 Å². The lowest BCUT2D eigenvalue weighted by Gasteiger charge is -2.26. The first-order valence-electron chi connectivity index (χ1n) is 9.46. The molecule has 1 aromatic heterocycles. The van der Waals surface area contributed by atoms with Gasteiger partial charge in [0, 0.05) is 25.0 Å². The average Bonchev–Trinajstić information content (AvgIpc) is 2.63. The molecular formula is C19H23F2N3O2S. The molecule has 1 aromatic carbocycles. The molecule has 0 radical (unpaired) electrons. The largest absolute Gasteiger partial charge is 0.382 e. The molecular weight excluding hydrogens is 372 g/mol. The minimum absolute atomic E-state index is 0.0769. The van der Waals surface area contributed by atoms with E-state index in [9.17, 15) is 13.6 Å². The summed E-state index contributed by atoms with van der Waals surface area (Å²) in [5, 5.41) is 3.13. The van der Waals surface area contributed by atoms with Crippen LogP contribution in [-0.2, 0) is 10.5 Å². The zero-order chi connectivity index (χ0) is 18.8. The summed E-state index contributed by atoms with van der Waals surface area (Å²) in [5.74, 6) is -0.638. The monoisotopic (exact) mass is 395 g/mol. The Balaban J connectivity index is 1.56. The number of benzene rings is 1. The van der Waals surface area contributed by atoms with E-state index in [2.05, 4.69) is 15.3 Å². The highest BCUT2D eigenvalue weighted by Crippen LogP contribution is 2.29. The lowest BCUT2D eigenvalue weighted by molar-refractivity contribution is 0.1000. The second-order valence-corrected chi connectivity index (χ2v) is 8.55. The molecule has 4 rings (SSSR count). The summed E-state index contributed by atoms with van der Waals surface area (Å²) in [5.41, 5.74) is -0.367. The molecule has 0 unspecified atom stereocenters. The Morgan fingerprint density at radius 2 is 2.00 bits per heavy atom. The molecule has 1 saturated carbocycles. The van der Waals surface area contributed by atoms with Crippen LogP contribution in [-0.4, -0.2) is 35.0 Å². The van der Waals surface area contributed by atoms with E-state index in [1.54, 1.807) is 11.8 Å². The molecule has 27 heavy (non-hydrogen) atoms. The van der Waals surface area contributed by atoms with Crippen molar-refractivity contribution < 1.29 is 13.5 Å². The number of H-pyrrole nitrogens is 1. The number of hydrogen-bond acceptors (Lipinski definition) is 5. The second kappa shape index (κ2) is 8.14. The van der Waals surface area contributed by atoms with Gasteiger partial charge in [0.1, 0.15) is 11.2 Å². The van der Waals surface area contributed by atoms with Crippen LogP contribution in [0.15, 0.2) is 10.9 Å². The number of nitrogens with one attached hydrogen (secondary N) is 2. The van der Waals surface area contributed by atoms with Crippen molar-refractivity contribution in [3.63, 3.8) is 0 Å². The van der Waals surface area contributed by atoms with Gasteiger partial charge in [0.15, 0.2) is 11.6 Å². The Morgan fingerprint density at radius 1 is 1.22 bits per heavy atom. The lowest BCUT2D eigenvalue weighted by atomic mass is 9.85. The highest BCUT2D eigenvalue weighted by Gasteiger charge is 2.21. The van der Waals surface area contributed by atoms with Crippen LogP contribution in [0.2, 0.25) is 0 Å². The van der Waals surface area contributed by atoms with Gasteiger partial charge in [-0.3, -0.25) is 4.79 Å². The molecule has 2 aliphatic rings. The first-order valence-corrected chi connectivity index (χ1v) is 10.5. The van der Waals surface area contributed by atoms with E-state index >= 15 is 0 Å². The van der Waals surface area contributed by atoms with Crippen molar-refractivity contribution in [3.05, 3.63) is 33.9 Å². The molecule has 2 N–H and O–H groups in total. The maximum atomic E-state index is 14.5. The van der Waals surface area contributed by atoms with E-state index < -0.39 is 17.2 Å². The summed E-state index contributed by atoms with van der Waals surface area (Å²) >= 11 is 1.71. The standard InChI is InChI=1S/C19H23F2N3O2S/c20-17-14(22-9-11-2-1-3-11)8-13-16(18(17)21)19(25)24-15(23-13)10-27-12-4-6-26-7-5-12/h8,11-12,22H,1-7,9-10H2,(H,23,24,25). The molecule has 0 atom stereocenters. The zero-order valence-electron chi connectivity index (χ0n) is 15.0. The van der Waals surface area contributed by atoms with Crippen LogP contribution in [0.25, 0.3) is 10.9 Å². The van der Waals surface area contributed by atoms with Crippen molar-refractivity contribution in [2.75, 3.05) is 25.1 Å². The molecule has 0 spiro atoms. The summed E-state index contributed by atoms with van der Waals surface area (Å²) in [7, 11) is 0. The van der Waals surface area contributed by atoms with Gasteiger partial charge in [-0.25, -0.2) is 13.8 Å². The highest BCUT2D eigenvalue weighted by molar-refractivity contribution is 7.99. The minimum atomic E-state index is -1.14. The summed E-state index contributed by atoms with van der Waals surface area (Å²) in [6, 6.07) is 1.45. The number of anilines is 1. The lowest BCUT2D eigenvalue weighted by Crippen LogP contribution is -2.22. The van der Waals surface area contributed by atoms with Crippen LogP contribution in [0.3, 0.4) is 0 Å². The van der Waals surface area contributed by atoms with Gasteiger partial charge < -0.3 is 15.0 Å². The third-order valence-electron chi connectivity index (χ3n) is 5.36. The van der Waals surface area contributed by atoms with Crippen molar-refractivity contribution in [1.29, 1.82) is 0 Å². The van der Waals surface area contributed by atoms with Crippen LogP contribution >= 0.6 is 11.8 Å². The van der Waals surface area contributed by atoms with Gasteiger partial charge in [-0.15, -0.1) is 0 Å². The quantitative estimate of drug-likeness (QED) is 0.778. The summed E-state index contributed by atoms with van der Waals surface area (Å²) in [6.45, 7) is 2.11. The van der Waals surface area contributed by atoms with Crippen molar-refractivity contribution in [2.24, 2.45) is 5.92 Å². The predicted octanol–water partition coefficient (Wildman–Crippen LogP) is 3.83. The number of halogens is 2. The van der Waals surface area contributed by atoms with Gasteiger partial charge in [-0.05, 0) is 37.7 Å². The molecule has 2 fully saturated rings. The van der Waals surface area contributed by atoms with Crippen LogP contribution in [0.5, 0.6) is 0 Å². The van der Waals surface area contributed by atoms with E-state index in [1.807, 2.05) is 0 Å². The number of aromatic amines is 1. The maximum absolute atomic E-state index is 14.5. The number of fused-ring (bicyclic) bond motifs is 1. The van der Waals surface area contributed by atoms with Crippen LogP contribution in [0, 0.1) is 17.6 Å². The smallest absolute Gasteiger partial charge is 0.261 e. The number of rotatable bonds is 6. The topological polar surface area (TPSA) is 67.0 Å². The Hall–Kier alpha value is -1.67. The van der Waals surface area contributed by atoms with Crippen LogP contribution < -0.4 is 10.9 Å². The fourth-order valence-electron chi connectivity index (χ4n) is 3.47. The fourth-order valence-corrected chi connectivity index (χ4v) is 4.53. The van der Waals surface area contributed by atoms with Gasteiger partial charge in [0.2, 0.25) is 0 Å². The summed E-state index contributed by atoms with van der Waals surface area (Å²) in [4.78, 5) is 19.3. The third-order valence-corrected chi connectivity index (χ3v) is 6.74. The molecule has 146 valence electrons. The molecule has 1 saturated heterocycles. The molecule has 0 amide bonds. The summed E-state index contributed by atoms with van der Waals surface area (Å²) < 4.78 is 34.1. The number of thioether (sulfide) groups is 1. The normalized spacial score (nSPS) is 18.6. The molecule has 2 heterocycles. The van der Waals surface area contributed by atoms with Crippen LogP contribution in [0.1, 0.15) is 37.9 Å². The first kappa shape index (κ1) is 18.7. The highest BCUT2D eigenvalue weighted by atomic mass is 32.2. The van der Waals surface area contributed by atoms with E-state index in [0.717, 1.165) is 38.9 Å². The number of hydrogen-bond donors (Lipinski definition) is 2. The van der Waals surface area contributed by atoms with E-state index in [4.69, 9.17) is 4.74 Å². The van der Waals surface area contributed by atoms with Crippen molar-refractivity contribution in [3.8, 4) is 0 Å². The second-order valence-electron chi connectivity index (χ2n) is 7.26. The number of nitrogens with zero attached hydrogens (tertiary/aromatic N) is 1. The molecule has 1 aliphatic carbocycles. The zero-order valence-corrected chi connectivity index (χ0v) is 15.8. The minimum Gasteiger partial charge on any atom is -0.382 e. The van der Waals surface area contributed by atoms with Gasteiger partial charge in [-0.1, -0.05) is 6.42 Å². The average molecular weight is 395 g/mol. The third kappa shape index (κ3) is 4.11. The Morgan fingerprint density at radius 3 is 2.70 bits per heavy atom. The molecule has 0 bridgehead atoms. The Labute approximate surface area is 160 Å². The Bertz CT molecular complexity index is 879. The first-order chi connectivity index (χ1) is 13.1.